The first-order valence-corrected chi connectivity index (χ1v) is 16.4. The summed E-state index contributed by atoms with van der Waals surface area (Å²) in [5, 5.41) is 8.31. The standard InChI is InChI=1S/C40H37N3O4S/c1-27-12-10-19-36(28(27)2)42-38(44)29(3)48-35-18-11-17-33(25-35)41-40(46)37(43-39(45)32-15-8-5-9-16-32)24-30-20-22-34(23-21-30)47-26-31-13-6-4-7-14-31/h4-25,29H,26H2,1-3H3,(H,41,46)(H,42,44)(H,43,45)/b37-24+. The number of amides is 3. The summed E-state index contributed by atoms with van der Waals surface area (Å²) in [4.78, 5) is 40.5. The minimum atomic E-state index is -0.494. The average molecular weight is 656 g/mol. The summed E-state index contributed by atoms with van der Waals surface area (Å²) in [6.07, 6.45) is 1.62. The maximum atomic E-state index is 13.6. The van der Waals surface area contributed by atoms with E-state index in [1.54, 1.807) is 42.5 Å². The SMILES string of the molecule is Cc1cccc(NC(=O)C(C)Sc2cccc(NC(=O)/C(=C\c3ccc(OCc4ccccc4)cc3)NC(=O)c3ccccc3)c2)c1C. The molecule has 0 radical (unpaired) electrons. The average Bonchev–Trinajstić information content (AvgIpc) is 3.10. The summed E-state index contributed by atoms with van der Waals surface area (Å²) in [5.41, 5.74) is 5.71. The predicted octanol–water partition coefficient (Wildman–Crippen LogP) is 8.41. The van der Waals surface area contributed by atoms with E-state index in [-0.39, 0.29) is 11.6 Å². The molecule has 7 nitrogen and oxygen atoms in total. The Morgan fingerprint density at radius 1 is 0.771 bits per heavy atom. The van der Waals surface area contributed by atoms with Crippen LogP contribution in [0.3, 0.4) is 0 Å². The fourth-order valence-corrected chi connectivity index (χ4v) is 5.66. The molecule has 5 rings (SSSR count). The van der Waals surface area contributed by atoms with Gasteiger partial charge >= 0.3 is 0 Å². The molecule has 8 heteroatoms. The van der Waals surface area contributed by atoms with Crippen molar-refractivity contribution in [2.45, 2.75) is 37.5 Å². The molecule has 1 unspecified atom stereocenters. The lowest BCUT2D eigenvalue weighted by Gasteiger charge is -2.15. The van der Waals surface area contributed by atoms with E-state index in [0.717, 1.165) is 27.3 Å². The smallest absolute Gasteiger partial charge is 0.272 e. The van der Waals surface area contributed by atoms with Crippen molar-refractivity contribution in [3.05, 3.63) is 161 Å². The molecule has 0 fully saturated rings. The maximum absolute atomic E-state index is 13.6. The number of hydrogen-bond acceptors (Lipinski definition) is 5. The third-order valence-electron chi connectivity index (χ3n) is 7.60. The van der Waals surface area contributed by atoms with Gasteiger partial charge in [0.05, 0.1) is 5.25 Å². The highest BCUT2D eigenvalue weighted by Crippen LogP contribution is 2.28. The topological polar surface area (TPSA) is 96.5 Å². The lowest BCUT2D eigenvalue weighted by molar-refractivity contribution is -0.115. The minimum absolute atomic E-state index is 0.0705. The van der Waals surface area contributed by atoms with E-state index in [1.807, 2.05) is 112 Å². The van der Waals surface area contributed by atoms with Gasteiger partial charge < -0.3 is 20.7 Å². The van der Waals surface area contributed by atoms with Crippen molar-refractivity contribution in [1.82, 2.24) is 5.32 Å². The van der Waals surface area contributed by atoms with Crippen molar-refractivity contribution in [2.24, 2.45) is 0 Å². The number of anilines is 2. The van der Waals surface area contributed by atoms with Crippen LogP contribution in [0.2, 0.25) is 0 Å². The Morgan fingerprint density at radius 3 is 2.19 bits per heavy atom. The first-order valence-electron chi connectivity index (χ1n) is 15.6. The van der Waals surface area contributed by atoms with Gasteiger partial charge in [0.15, 0.2) is 0 Å². The fourth-order valence-electron chi connectivity index (χ4n) is 4.73. The number of hydrogen-bond donors (Lipinski definition) is 3. The van der Waals surface area contributed by atoms with Crippen LogP contribution in [0.5, 0.6) is 5.75 Å². The quantitative estimate of drug-likeness (QED) is 0.0927. The summed E-state index contributed by atoms with van der Waals surface area (Å²) in [6.45, 7) is 6.27. The van der Waals surface area contributed by atoms with Crippen LogP contribution < -0.4 is 20.7 Å². The second kappa shape index (κ2) is 16.3. The van der Waals surface area contributed by atoms with Crippen LogP contribution in [0.4, 0.5) is 11.4 Å². The molecule has 0 aliphatic carbocycles. The normalized spacial score (nSPS) is 11.7. The molecule has 242 valence electrons. The number of ether oxygens (including phenoxy) is 1. The molecule has 3 N–H and O–H groups in total. The zero-order valence-electron chi connectivity index (χ0n) is 27.0. The van der Waals surface area contributed by atoms with E-state index in [4.69, 9.17) is 4.74 Å². The Bertz CT molecular complexity index is 1910. The molecule has 48 heavy (non-hydrogen) atoms. The van der Waals surface area contributed by atoms with Gasteiger partial charge in [0.2, 0.25) is 5.91 Å². The van der Waals surface area contributed by atoms with Crippen LogP contribution in [-0.4, -0.2) is 23.0 Å². The maximum Gasteiger partial charge on any atom is 0.272 e. The highest BCUT2D eigenvalue weighted by Gasteiger charge is 2.18. The molecule has 0 aliphatic rings. The highest BCUT2D eigenvalue weighted by atomic mass is 32.2. The number of carbonyl (C=O) groups is 3. The monoisotopic (exact) mass is 655 g/mol. The van der Waals surface area contributed by atoms with Gasteiger partial charge in [-0.15, -0.1) is 11.8 Å². The van der Waals surface area contributed by atoms with Crippen LogP contribution >= 0.6 is 11.8 Å². The summed E-state index contributed by atoms with van der Waals surface area (Å²) < 4.78 is 5.90. The van der Waals surface area contributed by atoms with Gasteiger partial charge in [-0.3, -0.25) is 14.4 Å². The Labute approximate surface area is 285 Å². The van der Waals surface area contributed by atoms with Crippen LogP contribution in [0.25, 0.3) is 6.08 Å². The molecule has 0 aliphatic heterocycles. The van der Waals surface area contributed by atoms with E-state index in [9.17, 15) is 14.4 Å². The van der Waals surface area contributed by atoms with Crippen molar-refractivity contribution >= 4 is 46.9 Å². The summed E-state index contributed by atoms with van der Waals surface area (Å²) >= 11 is 1.39. The van der Waals surface area contributed by atoms with Gasteiger partial charge in [-0.05, 0) is 97.6 Å². The van der Waals surface area contributed by atoms with Gasteiger partial charge in [0.25, 0.3) is 11.8 Å². The van der Waals surface area contributed by atoms with E-state index >= 15 is 0 Å². The van der Waals surface area contributed by atoms with Crippen LogP contribution in [-0.2, 0) is 16.2 Å². The second-order valence-electron chi connectivity index (χ2n) is 11.2. The minimum Gasteiger partial charge on any atom is -0.489 e. The molecular weight excluding hydrogens is 619 g/mol. The molecule has 5 aromatic rings. The van der Waals surface area contributed by atoms with Gasteiger partial charge in [-0.2, -0.15) is 0 Å². The van der Waals surface area contributed by atoms with E-state index in [2.05, 4.69) is 16.0 Å². The summed E-state index contributed by atoms with van der Waals surface area (Å²) in [6, 6.07) is 39.0. The number of rotatable bonds is 12. The Hall–Kier alpha value is -5.60. The van der Waals surface area contributed by atoms with Gasteiger partial charge in [0, 0.05) is 21.8 Å². The summed E-state index contributed by atoms with van der Waals surface area (Å²) in [5.74, 6) is -0.339. The van der Waals surface area contributed by atoms with Crippen molar-refractivity contribution in [2.75, 3.05) is 10.6 Å². The number of nitrogens with one attached hydrogen (secondary N) is 3. The fraction of sp³-hybridized carbons (Fsp3) is 0.125. The number of aryl methyl sites for hydroxylation is 1. The van der Waals surface area contributed by atoms with E-state index in [1.165, 1.54) is 11.8 Å². The molecule has 0 saturated heterocycles. The lowest BCUT2D eigenvalue weighted by atomic mass is 10.1. The predicted molar refractivity (Wildman–Crippen MR) is 194 cm³/mol. The first-order chi connectivity index (χ1) is 23.2. The molecule has 1 atom stereocenters. The molecule has 5 aromatic carbocycles. The zero-order chi connectivity index (χ0) is 33.9. The van der Waals surface area contributed by atoms with Crippen molar-refractivity contribution in [3.8, 4) is 5.75 Å². The van der Waals surface area contributed by atoms with E-state index in [0.29, 0.717) is 29.2 Å². The van der Waals surface area contributed by atoms with Crippen LogP contribution in [0.15, 0.2) is 138 Å². The molecule has 0 heterocycles. The first kappa shape index (κ1) is 33.8. The third kappa shape index (κ3) is 9.47. The Balaban J connectivity index is 1.29. The number of benzene rings is 5. The highest BCUT2D eigenvalue weighted by molar-refractivity contribution is 8.00. The zero-order valence-corrected chi connectivity index (χ0v) is 27.8. The molecule has 0 saturated carbocycles. The molecule has 3 amide bonds. The molecular formula is C40H37N3O4S. The molecule has 0 spiro atoms. The second-order valence-corrected chi connectivity index (χ2v) is 12.6. The lowest BCUT2D eigenvalue weighted by Crippen LogP contribution is -2.30. The molecule has 0 aromatic heterocycles. The van der Waals surface area contributed by atoms with Gasteiger partial charge in [-0.1, -0.05) is 78.9 Å². The summed E-state index contributed by atoms with van der Waals surface area (Å²) in [7, 11) is 0. The van der Waals surface area contributed by atoms with E-state index < -0.39 is 17.1 Å². The van der Waals surface area contributed by atoms with Crippen LogP contribution in [0, 0.1) is 13.8 Å². The Kier molecular flexibility index (Phi) is 11.5. The third-order valence-corrected chi connectivity index (χ3v) is 8.70. The van der Waals surface area contributed by atoms with Crippen LogP contribution in [0.1, 0.15) is 39.5 Å². The Morgan fingerprint density at radius 2 is 1.46 bits per heavy atom. The van der Waals surface area contributed by atoms with Gasteiger partial charge in [0.1, 0.15) is 18.1 Å². The van der Waals surface area contributed by atoms with Crippen molar-refractivity contribution in [1.29, 1.82) is 0 Å². The largest absolute Gasteiger partial charge is 0.489 e. The van der Waals surface area contributed by atoms with Gasteiger partial charge in [-0.25, -0.2) is 0 Å². The van der Waals surface area contributed by atoms with Crippen molar-refractivity contribution in [3.63, 3.8) is 0 Å². The van der Waals surface area contributed by atoms with Crippen molar-refractivity contribution < 1.29 is 19.1 Å². The molecule has 0 bridgehead atoms. The number of carbonyl (C=O) groups excluding carboxylic acids is 3. The number of thioether (sulfide) groups is 1.